The lowest BCUT2D eigenvalue weighted by molar-refractivity contribution is 1.23. The molecule has 0 saturated heterocycles. The maximum Gasteiger partial charge on any atom is 0.564 e. The highest BCUT2D eigenvalue weighted by Gasteiger charge is 2.17. The Morgan fingerprint density at radius 1 is 0.483 bits per heavy atom. The Bertz CT molecular complexity index is 1440. The van der Waals surface area contributed by atoms with Crippen LogP contribution in [-0.2, 0) is 0 Å². The van der Waals surface area contributed by atoms with Crippen LogP contribution in [0.3, 0.4) is 0 Å². The van der Waals surface area contributed by atoms with E-state index in [0.29, 0.717) is 0 Å². The Morgan fingerprint density at radius 3 is 1.38 bits per heavy atom. The third-order valence-electron chi connectivity index (χ3n) is 5.70. The first-order valence-electron chi connectivity index (χ1n) is 9.62. The Hall–Kier alpha value is -1.92. The summed E-state index contributed by atoms with van der Waals surface area (Å²) in [5, 5.41) is 5.30. The monoisotopic (exact) mass is 411 g/mol. The highest BCUT2D eigenvalue weighted by molar-refractivity contribution is 6.43. The summed E-state index contributed by atoms with van der Waals surface area (Å²) in [6.07, 6.45) is 0. The molecule has 0 aliphatic heterocycles. The summed E-state index contributed by atoms with van der Waals surface area (Å²) in [5.74, 6) is 0. The summed E-state index contributed by atoms with van der Waals surface area (Å²) in [6, 6.07) is 31.0. The van der Waals surface area contributed by atoms with Crippen molar-refractivity contribution in [3.63, 3.8) is 0 Å². The Balaban J connectivity index is 1.71. The van der Waals surface area contributed by atoms with Crippen LogP contribution in [0.15, 0.2) is 84.9 Å². The molecule has 6 rings (SSSR count). The second-order valence-electron chi connectivity index (χ2n) is 7.44. The van der Waals surface area contributed by atoms with Crippen molar-refractivity contribution in [2.24, 2.45) is 0 Å². The quantitative estimate of drug-likeness (QED) is 0.387. The van der Waals surface area contributed by atoms with Gasteiger partial charge < -0.3 is 7.10 Å². The smallest absolute Gasteiger partial charge is 0.420 e. The molecule has 0 aliphatic carbocycles. The lowest BCUT2D eigenvalue weighted by atomic mass is 10.1. The molecule has 0 spiro atoms. The second kappa shape index (κ2) is 6.81. The summed E-state index contributed by atoms with van der Waals surface area (Å²) < 4.78 is 7.49. The summed E-state index contributed by atoms with van der Waals surface area (Å²) in [7, 11) is 0. The molecule has 5 heteroatoms. The fraction of sp³-hybridized carbons (Fsp3) is 0. The van der Waals surface area contributed by atoms with E-state index in [9.17, 15) is 0 Å². The number of hydrogen-bond acceptors (Lipinski definition) is 0. The van der Waals surface area contributed by atoms with E-state index in [1.54, 1.807) is 0 Å². The minimum atomic E-state index is -0.203. The molecule has 2 nitrogen and oxygen atoms in total. The van der Waals surface area contributed by atoms with E-state index in [0.717, 1.165) is 0 Å². The SMILES string of the molecule is [Al][c]1ccc2c3ccccc3[n]([Al][n]3c4ccccc4c4cc[c]([Al])cc43)c2c1. The largest absolute Gasteiger partial charge is 0.564 e. The molecule has 2 heterocycles. The third kappa shape index (κ3) is 2.75. The van der Waals surface area contributed by atoms with Gasteiger partial charge in [0.1, 0.15) is 0 Å². The Morgan fingerprint density at radius 2 is 0.897 bits per heavy atom. The van der Waals surface area contributed by atoms with Gasteiger partial charge in [-0.1, -0.05) is 72.8 Å². The van der Waals surface area contributed by atoms with Crippen molar-refractivity contribution < 1.29 is 0 Å². The normalized spacial score (nSPS) is 11.7. The molecular formula is C24H14Al3N2. The summed E-state index contributed by atoms with van der Waals surface area (Å²) >= 11 is 5.49. The number of aromatic nitrogens is 2. The van der Waals surface area contributed by atoms with E-state index in [2.05, 4.69) is 125 Å². The van der Waals surface area contributed by atoms with Crippen LogP contribution in [0.4, 0.5) is 0 Å². The maximum atomic E-state index is 2.84. The third-order valence-corrected chi connectivity index (χ3v) is 7.99. The molecule has 4 aromatic carbocycles. The molecule has 6 aromatic rings. The van der Waals surface area contributed by atoms with Gasteiger partial charge in [-0.15, -0.1) is 8.85 Å². The number of hydrogen-bond donors (Lipinski definition) is 0. The number of para-hydroxylation sites is 2. The highest BCUT2D eigenvalue weighted by atomic mass is 27.1. The van der Waals surface area contributed by atoms with Gasteiger partial charge in [-0.2, -0.15) is 0 Å². The minimum Gasteiger partial charge on any atom is -0.420 e. The van der Waals surface area contributed by atoms with Crippen LogP contribution in [0.1, 0.15) is 0 Å². The molecular weight excluding hydrogens is 397 g/mol. The first-order chi connectivity index (χ1) is 14.2. The molecule has 5 radical (unpaired) electrons. The molecule has 0 amide bonds. The van der Waals surface area contributed by atoms with Crippen LogP contribution >= 0.6 is 0 Å². The van der Waals surface area contributed by atoms with Crippen molar-refractivity contribution in [3.05, 3.63) is 84.9 Å². The first kappa shape index (κ1) is 17.9. The maximum absolute atomic E-state index is 2.84. The van der Waals surface area contributed by atoms with E-state index in [-0.39, 0.29) is 15.7 Å². The zero-order valence-electron chi connectivity index (χ0n) is 15.7. The topological polar surface area (TPSA) is 9.86 Å². The number of fused-ring (bicyclic) bond motifs is 6. The van der Waals surface area contributed by atoms with Crippen LogP contribution in [0.2, 0.25) is 0 Å². The highest BCUT2D eigenvalue weighted by Crippen LogP contribution is 2.30. The van der Waals surface area contributed by atoms with Crippen molar-refractivity contribution in [2.75, 3.05) is 0 Å². The summed E-state index contributed by atoms with van der Waals surface area (Å²) in [6.45, 7) is 0. The zero-order chi connectivity index (χ0) is 19.5. The van der Waals surface area contributed by atoms with Gasteiger partial charge in [-0.25, -0.2) is 0 Å². The van der Waals surface area contributed by atoms with Crippen molar-refractivity contribution in [2.45, 2.75) is 0 Å². The van der Waals surface area contributed by atoms with Gasteiger partial charge >= 0.3 is 15.7 Å². The van der Waals surface area contributed by atoms with Crippen LogP contribution in [-0.4, -0.2) is 55.3 Å². The van der Waals surface area contributed by atoms with Crippen molar-refractivity contribution in [3.8, 4) is 0 Å². The molecule has 0 N–H and O–H groups in total. The van der Waals surface area contributed by atoms with E-state index in [1.165, 1.54) is 52.5 Å². The molecule has 0 atom stereocenters. The molecule has 2 aromatic heterocycles. The van der Waals surface area contributed by atoms with Gasteiger partial charge in [0.05, 0.1) is 0 Å². The fourth-order valence-corrected chi connectivity index (χ4v) is 6.51. The average molecular weight is 411 g/mol. The second-order valence-corrected chi connectivity index (χ2v) is 10.0. The molecule has 0 unspecified atom stereocenters. The number of rotatable bonds is 2. The molecule has 29 heavy (non-hydrogen) atoms. The van der Waals surface area contributed by atoms with Gasteiger partial charge in [-0.3, -0.25) is 0 Å². The van der Waals surface area contributed by atoms with E-state index < -0.39 is 0 Å². The minimum absolute atomic E-state index is 0.203. The average Bonchev–Trinajstić information content (AvgIpc) is 3.21. The number of nitrogens with zero attached hydrogens (tertiary/aromatic N) is 2. The van der Waals surface area contributed by atoms with Crippen LogP contribution in [0.5, 0.6) is 0 Å². The van der Waals surface area contributed by atoms with E-state index >= 15 is 0 Å². The standard InChI is InChI=1S/2C12H7N.3Al/c2*1-3-7-11-9(5-1)10-6-2-4-8-12(10)13-11;;;/h2*1-3,5-8H;;;/q2*-1;;;+2. The van der Waals surface area contributed by atoms with Crippen molar-refractivity contribution >= 4 is 101 Å². The summed E-state index contributed by atoms with van der Waals surface area (Å²) in [4.78, 5) is 0. The predicted molar refractivity (Wildman–Crippen MR) is 126 cm³/mol. The fourth-order valence-electron chi connectivity index (χ4n) is 4.40. The lowest BCUT2D eigenvalue weighted by Gasteiger charge is -2.11. The molecule has 0 saturated carbocycles. The van der Waals surface area contributed by atoms with Crippen LogP contribution in [0.25, 0.3) is 43.6 Å². The number of benzene rings is 4. The first-order valence-corrected chi connectivity index (χ1v) is 11.8. The van der Waals surface area contributed by atoms with Gasteiger partial charge in [0.2, 0.25) is 0 Å². The van der Waals surface area contributed by atoms with Gasteiger partial charge in [0, 0.05) is 43.6 Å². The van der Waals surface area contributed by atoms with Crippen molar-refractivity contribution in [1.29, 1.82) is 0 Å². The van der Waals surface area contributed by atoms with E-state index in [4.69, 9.17) is 0 Å². The van der Waals surface area contributed by atoms with Crippen LogP contribution in [0, 0.1) is 0 Å². The molecule has 129 valence electrons. The Kier molecular flexibility index (Phi) is 4.20. The molecule has 0 aliphatic rings. The lowest BCUT2D eigenvalue weighted by Crippen LogP contribution is -2.17. The predicted octanol–water partition coefficient (Wildman–Crippen LogP) is 3.42. The Labute approximate surface area is 191 Å². The van der Waals surface area contributed by atoms with E-state index in [1.807, 2.05) is 0 Å². The zero-order valence-corrected chi connectivity index (χ0v) is 19.2. The van der Waals surface area contributed by atoms with Gasteiger partial charge in [0.25, 0.3) is 0 Å². The van der Waals surface area contributed by atoms with Crippen molar-refractivity contribution in [1.82, 2.24) is 7.10 Å². The summed E-state index contributed by atoms with van der Waals surface area (Å²) in [5.41, 5.74) is 5.23. The van der Waals surface area contributed by atoms with Gasteiger partial charge in [0.15, 0.2) is 32.6 Å². The van der Waals surface area contributed by atoms with Gasteiger partial charge in [-0.05, 0) is 12.1 Å². The molecule has 0 fully saturated rings. The molecule has 0 bridgehead atoms. The van der Waals surface area contributed by atoms with Crippen LogP contribution < -0.4 is 8.85 Å².